The lowest BCUT2D eigenvalue weighted by Gasteiger charge is -2.27. The van der Waals surface area contributed by atoms with Crippen molar-refractivity contribution in [3.05, 3.63) is 224 Å². The van der Waals surface area contributed by atoms with Gasteiger partial charge >= 0.3 is 0 Å². The highest BCUT2D eigenvalue weighted by Crippen LogP contribution is 2.43. The van der Waals surface area contributed by atoms with Crippen LogP contribution in [0.4, 0.5) is 17.1 Å². The Labute approximate surface area is 354 Å². The Morgan fingerprint density at radius 2 is 1.08 bits per heavy atom. The summed E-state index contributed by atoms with van der Waals surface area (Å²) in [6, 6.07) is 74.6. The van der Waals surface area contributed by atoms with Crippen molar-refractivity contribution in [2.45, 2.75) is 12.8 Å². The van der Waals surface area contributed by atoms with Gasteiger partial charge in [0.25, 0.3) is 0 Å². The number of hydrogen-bond acceptors (Lipinski definition) is 2. The summed E-state index contributed by atoms with van der Waals surface area (Å²) in [5.41, 5.74) is 17.1. The van der Waals surface area contributed by atoms with Gasteiger partial charge in [0.15, 0.2) is 0 Å². The second-order valence-corrected chi connectivity index (χ2v) is 16.0. The maximum atomic E-state index is 6.64. The van der Waals surface area contributed by atoms with Crippen LogP contribution in [0.1, 0.15) is 17.7 Å². The topological polar surface area (TPSA) is 21.3 Å². The molecule has 0 spiro atoms. The Hall–Kier alpha value is -7.88. The van der Waals surface area contributed by atoms with E-state index >= 15 is 0 Å². The van der Waals surface area contributed by atoms with E-state index in [-0.39, 0.29) is 0 Å². The number of anilines is 3. The van der Waals surface area contributed by atoms with Crippen LogP contribution in [0.5, 0.6) is 0 Å². The molecule has 3 nitrogen and oxygen atoms in total. The van der Waals surface area contributed by atoms with Gasteiger partial charge in [0.1, 0.15) is 11.2 Å². The predicted molar refractivity (Wildman–Crippen MR) is 256 cm³/mol. The smallest absolute Gasteiger partial charge is 0.143 e. The van der Waals surface area contributed by atoms with E-state index in [1.54, 1.807) is 0 Å². The molecule has 9 aromatic carbocycles. The second kappa shape index (κ2) is 14.4. The highest BCUT2D eigenvalue weighted by molar-refractivity contribution is 6.10. The minimum Gasteiger partial charge on any atom is -0.455 e. The number of para-hydroxylation sites is 3. The first-order valence-electron chi connectivity index (χ1n) is 21.1. The molecule has 0 N–H and O–H groups in total. The highest BCUT2D eigenvalue weighted by Gasteiger charge is 2.21. The number of furan rings is 1. The van der Waals surface area contributed by atoms with E-state index in [0.29, 0.717) is 0 Å². The molecule has 0 saturated heterocycles. The Kier molecular flexibility index (Phi) is 8.31. The lowest BCUT2D eigenvalue weighted by atomic mass is 9.96. The molecule has 2 heterocycles. The van der Waals surface area contributed by atoms with Crippen molar-refractivity contribution in [1.29, 1.82) is 0 Å². The molecule has 61 heavy (non-hydrogen) atoms. The third-order valence-corrected chi connectivity index (χ3v) is 12.4. The van der Waals surface area contributed by atoms with E-state index in [2.05, 4.69) is 222 Å². The molecule has 0 amide bonds. The van der Waals surface area contributed by atoms with Crippen LogP contribution >= 0.6 is 0 Å². The summed E-state index contributed by atoms with van der Waals surface area (Å²) >= 11 is 0. The average Bonchev–Trinajstić information content (AvgIpc) is 3.89. The molecule has 1 aliphatic rings. The van der Waals surface area contributed by atoms with Crippen LogP contribution in [-0.2, 0) is 6.42 Å². The molecule has 2 aromatic heterocycles. The summed E-state index contributed by atoms with van der Waals surface area (Å²) in [7, 11) is 0. The maximum Gasteiger partial charge on any atom is 0.143 e. The van der Waals surface area contributed by atoms with Crippen molar-refractivity contribution in [1.82, 2.24) is 4.57 Å². The number of allylic oxidation sites excluding steroid dienone is 1. The molecule has 0 saturated carbocycles. The van der Waals surface area contributed by atoms with Gasteiger partial charge in [-0.05, 0) is 107 Å². The van der Waals surface area contributed by atoms with Crippen molar-refractivity contribution >= 4 is 66.8 Å². The maximum absolute atomic E-state index is 6.64. The summed E-state index contributed by atoms with van der Waals surface area (Å²) in [6.45, 7) is 0. The molecule has 0 radical (unpaired) electrons. The highest BCUT2D eigenvalue weighted by atomic mass is 16.3. The second-order valence-electron chi connectivity index (χ2n) is 16.0. The van der Waals surface area contributed by atoms with E-state index in [9.17, 15) is 0 Å². The van der Waals surface area contributed by atoms with Gasteiger partial charge in [-0.1, -0.05) is 158 Å². The SMILES string of the molecule is C1=Cc2c(n(-c3cc(-c4ccc(N(c5ccc(-c6ccccc6)cc5)c5cccc6ccccc56)cc4)cc(-c4cccc5c4oc4ccccc45)c3)c3ccccc23)CC1. The first kappa shape index (κ1) is 35.1. The van der Waals surface area contributed by atoms with Crippen LogP contribution in [0.25, 0.3) is 88.8 Å². The summed E-state index contributed by atoms with van der Waals surface area (Å²) in [6.07, 6.45) is 6.64. The first-order chi connectivity index (χ1) is 30.2. The van der Waals surface area contributed by atoms with Gasteiger partial charge in [0, 0.05) is 55.4 Å². The molecular weight excluding hydrogens is 741 g/mol. The molecule has 12 rings (SSSR count). The quantitative estimate of drug-likeness (QED) is 0.161. The van der Waals surface area contributed by atoms with Gasteiger partial charge in [-0.25, -0.2) is 0 Å². The van der Waals surface area contributed by atoms with Crippen molar-refractivity contribution in [3.63, 3.8) is 0 Å². The monoisotopic (exact) mass is 780 g/mol. The molecule has 0 aliphatic heterocycles. The summed E-state index contributed by atoms with van der Waals surface area (Å²) in [5, 5.41) is 5.96. The fourth-order valence-corrected chi connectivity index (χ4v) is 9.57. The molecular formula is C58H40N2O. The zero-order valence-electron chi connectivity index (χ0n) is 33.5. The molecule has 11 aromatic rings. The van der Waals surface area contributed by atoms with E-state index in [1.165, 1.54) is 44.1 Å². The van der Waals surface area contributed by atoms with Gasteiger partial charge in [-0.3, -0.25) is 0 Å². The molecule has 0 unspecified atom stereocenters. The van der Waals surface area contributed by atoms with E-state index in [1.807, 2.05) is 6.07 Å². The van der Waals surface area contributed by atoms with Crippen LogP contribution in [0.15, 0.2) is 217 Å². The van der Waals surface area contributed by atoms with Gasteiger partial charge in [-0.15, -0.1) is 0 Å². The van der Waals surface area contributed by atoms with Gasteiger partial charge < -0.3 is 13.9 Å². The zero-order valence-corrected chi connectivity index (χ0v) is 33.5. The van der Waals surface area contributed by atoms with Gasteiger partial charge in [-0.2, -0.15) is 0 Å². The molecule has 3 heteroatoms. The minimum absolute atomic E-state index is 0.902. The van der Waals surface area contributed by atoms with E-state index < -0.39 is 0 Å². The number of benzene rings is 9. The average molecular weight is 781 g/mol. The fourth-order valence-electron chi connectivity index (χ4n) is 9.57. The number of fused-ring (bicyclic) bond motifs is 7. The van der Waals surface area contributed by atoms with Gasteiger partial charge in [0.05, 0.1) is 11.2 Å². The minimum atomic E-state index is 0.902. The number of rotatable bonds is 7. The van der Waals surface area contributed by atoms with Crippen LogP contribution in [0, 0.1) is 0 Å². The van der Waals surface area contributed by atoms with E-state index in [0.717, 1.165) is 79.8 Å². The van der Waals surface area contributed by atoms with Crippen molar-refractivity contribution in [2.24, 2.45) is 0 Å². The fraction of sp³-hybridized carbons (Fsp3) is 0.0345. The molecule has 288 valence electrons. The number of nitrogens with zero attached hydrogens (tertiary/aromatic N) is 2. The summed E-state index contributed by atoms with van der Waals surface area (Å²) in [4.78, 5) is 2.39. The molecule has 1 aliphatic carbocycles. The largest absolute Gasteiger partial charge is 0.455 e. The van der Waals surface area contributed by atoms with Crippen molar-refractivity contribution in [2.75, 3.05) is 4.90 Å². The Balaban J connectivity index is 1.03. The van der Waals surface area contributed by atoms with Crippen LogP contribution < -0.4 is 4.90 Å². The lowest BCUT2D eigenvalue weighted by molar-refractivity contribution is 0.670. The Morgan fingerprint density at radius 3 is 1.90 bits per heavy atom. The van der Waals surface area contributed by atoms with E-state index in [4.69, 9.17) is 4.42 Å². The summed E-state index contributed by atoms with van der Waals surface area (Å²) < 4.78 is 9.14. The number of hydrogen-bond donors (Lipinski definition) is 0. The summed E-state index contributed by atoms with van der Waals surface area (Å²) in [5.74, 6) is 0. The number of aromatic nitrogens is 1. The van der Waals surface area contributed by atoms with Crippen molar-refractivity contribution < 1.29 is 4.42 Å². The van der Waals surface area contributed by atoms with Crippen LogP contribution in [0.2, 0.25) is 0 Å². The Morgan fingerprint density at radius 1 is 0.459 bits per heavy atom. The zero-order chi connectivity index (χ0) is 40.3. The van der Waals surface area contributed by atoms with Crippen LogP contribution in [0.3, 0.4) is 0 Å². The van der Waals surface area contributed by atoms with Gasteiger partial charge in [0.2, 0.25) is 0 Å². The molecule has 0 atom stereocenters. The third-order valence-electron chi connectivity index (χ3n) is 12.4. The molecule has 0 bridgehead atoms. The predicted octanol–water partition coefficient (Wildman–Crippen LogP) is 16.1. The van der Waals surface area contributed by atoms with Crippen LogP contribution in [-0.4, -0.2) is 4.57 Å². The molecule has 0 fully saturated rings. The standard InChI is InChI=1S/C58H40N2O/c1-2-14-39(15-3-1)40-28-32-45(33-29-40)59(54-26-12-17-42-16-4-5-18-48(42)54)46-34-30-41(31-35-46)43-36-44(49-22-13-23-53-52-21-8-11-27-57(52)61-58(49)53)38-47(37-43)60-55-24-9-6-19-50(55)51-20-7-10-25-56(51)60/h1-9,11-24,26-38H,10,25H2. The Bertz CT molecular complexity index is 3460. The normalized spacial score (nSPS) is 12.4. The third kappa shape index (κ3) is 5.97. The first-order valence-corrected chi connectivity index (χ1v) is 21.1. The van der Waals surface area contributed by atoms with Crippen molar-refractivity contribution in [3.8, 4) is 39.1 Å². The lowest BCUT2D eigenvalue weighted by Crippen LogP contribution is -2.10.